The van der Waals surface area contributed by atoms with E-state index in [1.165, 1.54) is 27.8 Å². The third-order valence-corrected chi connectivity index (χ3v) is 3.97. The van der Waals surface area contributed by atoms with Crippen LogP contribution in [0.3, 0.4) is 0 Å². The van der Waals surface area contributed by atoms with Crippen molar-refractivity contribution in [2.45, 2.75) is 33.1 Å². The van der Waals surface area contributed by atoms with Crippen LogP contribution in [0.1, 0.15) is 37.8 Å². The Labute approximate surface area is 123 Å². The van der Waals surface area contributed by atoms with Crippen molar-refractivity contribution < 1.29 is 0 Å². The molecule has 0 saturated heterocycles. The zero-order valence-corrected chi connectivity index (χ0v) is 12.9. The van der Waals surface area contributed by atoms with Gasteiger partial charge in [-0.1, -0.05) is 42.5 Å². The molecule has 1 aromatic rings. The van der Waals surface area contributed by atoms with Crippen LogP contribution in [0.4, 0.5) is 0 Å². The zero-order chi connectivity index (χ0) is 14.4. The maximum atomic E-state index is 3.22. The molecule has 0 unspecified atom stereocenters. The Hall–Kier alpha value is -1.60. The molecule has 0 radical (unpaired) electrons. The number of benzene rings is 1. The molecule has 0 bridgehead atoms. The Morgan fingerprint density at radius 1 is 1.20 bits per heavy atom. The van der Waals surface area contributed by atoms with Gasteiger partial charge in [0, 0.05) is 0 Å². The standard InChI is InChI=1S/C19H25N/c1-4-8-16-12-13-17-9-5-6-10-19(17)18(15(16)2)11-7-14-20-3/h4-6,8-11,20H,7,12-14H2,1-3H3/b8-4-,18-11-. The third kappa shape index (κ3) is 3.29. The topological polar surface area (TPSA) is 12.0 Å². The fourth-order valence-electron chi connectivity index (χ4n) is 2.87. The number of nitrogens with one attached hydrogen (secondary N) is 1. The molecule has 20 heavy (non-hydrogen) atoms. The number of aryl methyl sites for hydroxylation is 1. The number of fused-ring (bicyclic) bond motifs is 1. The van der Waals surface area contributed by atoms with Gasteiger partial charge in [0.2, 0.25) is 0 Å². The lowest BCUT2D eigenvalue weighted by Crippen LogP contribution is -2.06. The smallest absolute Gasteiger partial charge is 0.00169 e. The first kappa shape index (κ1) is 14.8. The van der Waals surface area contributed by atoms with Gasteiger partial charge < -0.3 is 5.32 Å². The predicted octanol–water partition coefficient (Wildman–Crippen LogP) is 4.52. The van der Waals surface area contributed by atoms with E-state index in [0.29, 0.717) is 0 Å². The van der Waals surface area contributed by atoms with Crippen molar-refractivity contribution in [2.75, 3.05) is 13.6 Å². The second-order valence-electron chi connectivity index (χ2n) is 5.32. The van der Waals surface area contributed by atoms with Gasteiger partial charge in [-0.05, 0) is 74.5 Å². The molecule has 106 valence electrons. The molecule has 1 aliphatic rings. The van der Waals surface area contributed by atoms with Crippen LogP contribution < -0.4 is 5.32 Å². The molecule has 0 aromatic heterocycles. The third-order valence-electron chi connectivity index (χ3n) is 3.97. The quantitative estimate of drug-likeness (QED) is 0.791. The van der Waals surface area contributed by atoms with E-state index in [-0.39, 0.29) is 0 Å². The summed E-state index contributed by atoms with van der Waals surface area (Å²) in [4.78, 5) is 0. The van der Waals surface area contributed by atoms with Crippen molar-refractivity contribution in [1.29, 1.82) is 0 Å². The molecule has 1 heteroatoms. The molecule has 1 aromatic carbocycles. The maximum Gasteiger partial charge on any atom is -0.00169 e. The van der Waals surface area contributed by atoms with Crippen LogP contribution >= 0.6 is 0 Å². The van der Waals surface area contributed by atoms with Gasteiger partial charge in [-0.3, -0.25) is 0 Å². The normalized spacial score (nSPS) is 17.6. The Kier molecular flexibility index (Phi) is 5.37. The van der Waals surface area contributed by atoms with Crippen molar-refractivity contribution in [2.24, 2.45) is 0 Å². The van der Waals surface area contributed by atoms with Crippen molar-refractivity contribution in [3.05, 3.63) is 64.8 Å². The average molecular weight is 267 g/mol. The van der Waals surface area contributed by atoms with Crippen molar-refractivity contribution >= 4 is 5.57 Å². The highest BCUT2D eigenvalue weighted by atomic mass is 14.8. The summed E-state index contributed by atoms with van der Waals surface area (Å²) in [5, 5.41) is 3.22. The van der Waals surface area contributed by atoms with Crippen molar-refractivity contribution in [3.63, 3.8) is 0 Å². The van der Waals surface area contributed by atoms with Crippen molar-refractivity contribution in [3.8, 4) is 0 Å². The van der Waals surface area contributed by atoms with Gasteiger partial charge in [-0.2, -0.15) is 0 Å². The molecule has 1 nitrogen and oxygen atoms in total. The van der Waals surface area contributed by atoms with E-state index in [0.717, 1.165) is 25.8 Å². The molecular weight excluding hydrogens is 242 g/mol. The molecule has 1 aliphatic carbocycles. The largest absolute Gasteiger partial charge is 0.319 e. The Balaban J connectivity index is 2.47. The summed E-state index contributed by atoms with van der Waals surface area (Å²) in [6.07, 6.45) is 10.2. The van der Waals surface area contributed by atoms with Crippen LogP contribution in [-0.4, -0.2) is 13.6 Å². The summed E-state index contributed by atoms with van der Waals surface area (Å²) in [6.45, 7) is 5.39. The molecule has 0 heterocycles. The van der Waals surface area contributed by atoms with Crippen LogP contribution in [0, 0.1) is 0 Å². The highest BCUT2D eigenvalue weighted by Gasteiger charge is 2.15. The van der Waals surface area contributed by atoms with E-state index in [4.69, 9.17) is 0 Å². The van der Waals surface area contributed by atoms with Crippen LogP contribution in [-0.2, 0) is 6.42 Å². The first-order chi connectivity index (χ1) is 9.77. The molecule has 1 N–H and O–H groups in total. The molecule has 0 aliphatic heterocycles. The minimum Gasteiger partial charge on any atom is -0.319 e. The summed E-state index contributed by atoms with van der Waals surface area (Å²) < 4.78 is 0. The van der Waals surface area contributed by atoms with E-state index < -0.39 is 0 Å². The van der Waals surface area contributed by atoms with Gasteiger partial charge in [0.15, 0.2) is 0 Å². The summed E-state index contributed by atoms with van der Waals surface area (Å²) in [7, 11) is 2.01. The number of hydrogen-bond donors (Lipinski definition) is 1. The molecular formula is C19H25N. The van der Waals surface area contributed by atoms with Gasteiger partial charge in [-0.25, -0.2) is 0 Å². The second kappa shape index (κ2) is 7.25. The van der Waals surface area contributed by atoms with Gasteiger partial charge in [-0.15, -0.1) is 0 Å². The fourth-order valence-corrected chi connectivity index (χ4v) is 2.87. The monoisotopic (exact) mass is 267 g/mol. The molecule has 0 fully saturated rings. The van der Waals surface area contributed by atoms with E-state index >= 15 is 0 Å². The highest BCUT2D eigenvalue weighted by molar-refractivity contribution is 5.82. The Morgan fingerprint density at radius 3 is 2.75 bits per heavy atom. The lowest BCUT2D eigenvalue weighted by molar-refractivity contribution is 0.808. The van der Waals surface area contributed by atoms with Crippen LogP contribution in [0.2, 0.25) is 0 Å². The summed E-state index contributed by atoms with van der Waals surface area (Å²) in [6, 6.07) is 8.84. The van der Waals surface area contributed by atoms with E-state index in [9.17, 15) is 0 Å². The lowest BCUT2D eigenvalue weighted by atomic mass is 9.94. The number of rotatable bonds is 4. The van der Waals surface area contributed by atoms with E-state index in [2.05, 4.69) is 61.7 Å². The number of allylic oxidation sites excluding steroid dienone is 5. The van der Waals surface area contributed by atoms with Crippen LogP contribution in [0.25, 0.3) is 5.57 Å². The van der Waals surface area contributed by atoms with Gasteiger partial charge in [0.25, 0.3) is 0 Å². The van der Waals surface area contributed by atoms with Crippen LogP contribution in [0.15, 0.2) is 53.6 Å². The summed E-state index contributed by atoms with van der Waals surface area (Å²) in [5.74, 6) is 0. The fraction of sp³-hybridized carbons (Fsp3) is 0.368. The molecule has 0 saturated carbocycles. The van der Waals surface area contributed by atoms with Gasteiger partial charge in [0.1, 0.15) is 0 Å². The zero-order valence-electron chi connectivity index (χ0n) is 12.9. The minimum absolute atomic E-state index is 1.03. The van der Waals surface area contributed by atoms with Crippen LogP contribution in [0.5, 0.6) is 0 Å². The number of hydrogen-bond acceptors (Lipinski definition) is 1. The summed E-state index contributed by atoms with van der Waals surface area (Å²) in [5.41, 5.74) is 7.22. The second-order valence-corrected chi connectivity index (χ2v) is 5.32. The molecule has 2 rings (SSSR count). The van der Waals surface area contributed by atoms with Gasteiger partial charge >= 0.3 is 0 Å². The molecule has 0 spiro atoms. The first-order valence-corrected chi connectivity index (χ1v) is 7.53. The minimum atomic E-state index is 1.03. The van der Waals surface area contributed by atoms with Gasteiger partial charge in [0.05, 0.1) is 0 Å². The lowest BCUT2D eigenvalue weighted by Gasteiger charge is -2.12. The predicted molar refractivity (Wildman–Crippen MR) is 88.8 cm³/mol. The first-order valence-electron chi connectivity index (χ1n) is 7.53. The highest BCUT2D eigenvalue weighted by Crippen LogP contribution is 2.34. The maximum absolute atomic E-state index is 3.22. The van der Waals surface area contributed by atoms with E-state index in [1.807, 2.05) is 7.05 Å². The van der Waals surface area contributed by atoms with E-state index in [1.54, 1.807) is 0 Å². The molecule has 0 amide bonds. The van der Waals surface area contributed by atoms with Crippen molar-refractivity contribution in [1.82, 2.24) is 5.32 Å². The average Bonchev–Trinajstić information content (AvgIpc) is 2.59. The Morgan fingerprint density at radius 2 is 2.00 bits per heavy atom. The SMILES string of the molecule is C/C=C\C1=C(C)C(=C/CCNC)/c2ccccc2CC1. The summed E-state index contributed by atoms with van der Waals surface area (Å²) >= 11 is 0. The molecule has 0 atom stereocenters. The Bertz CT molecular complexity index is 547.